The number of nitrogens with zero attached hydrogens (tertiary/aromatic N) is 4. The van der Waals surface area contributed by atoms with Crippen LogP contribution in [0.5, 0.6) is 5.75 Å². The van der Waals surface area contributed by atoms with Gasteiger partial charge in [-0.3, -0.25) is 18.9 Å². The van der Waals surface area contributed by atoms with Gasteiger partial charge in [-0.25, -0.2) is 9.31 Å². The van der Waals surface area contributed by atoms with E-state index in [-0.39, 0.29) is 17.7 Å². The lowest BCUT2D eigenvalue weighted by atomic mass is 9.92. The van der Waals surface area contributed by atoms with E-state index in [4.69, 9.17) is 14.0 Å². The minimum Gasteiger partial charge on any atom is -0.496 e. The molecule has 11 nitrogen and oxygen atoms in total. The van der Waals surface area contributed by atoms with Gasteiger partial charge < -0.3 is 14.6 Å². The molecule has 0 bridgehead atoms. The molecule has 1 fully saturated rings. The molecule has 6 rings (SSSR count). The molecule has 5 aromatic rings. The summed E-state index contributed by atoms with van der Waals surface area (Å²) in [5.41, 5.74) is 4.90. The highest BCUT2D eigenvalue weighted by molar-refractivity contribution is 5.83. The van der Waals surface area contributed by atoms with E-state index in [0.29, 0.717) is 30.2 Å². The van der Waals surface area contributed by atoms with Crippen LogP contribution in [0.25, 0.3) is 28.2 Å². The number of nitrogens with one attached hydrogen (secondary N) is 1. The maximum atomic E-state index is 14.4. The number of benzene rings is 2. The Kier molecular flexibility index (Phi) is 8.97. The second-order valence-corrected chi connectivity index (χ2v) is 12.7. The predicted molar refractivity (Wildman–Crippen MR) is 174 cm³/mol. The lowest BCUT2D eigenvalue weighted by Crippen LogP contribution is -2.36. The zero-order chi connectivity index (χ0) is 32.4. The zero-order valence-corrected chi connectivity index (χ0v) is 26.8. The Morgan fingerprint density at radius 3 is 2.48 bits per heavy atom. The predicted octanol–water partition coefficient (Wildman–Crippen LogP) is 5.33. The quantitative estimate of drug-likeness (QED) is 0.201. The monoisotopic (exact) mass is 627 g/mol. The van der Waals surface area contributed by atoms with E-state index in [1.54, 1.807) is 27.2 Å². The van der Waals surface area contributed by atoms with E-state index in [1.807, 2.05) is 57.6 Å². The van der Waals surface area contributed by atoms with Gasteiger partial charge in [-0.15, -0.1) is 0 Å². The van der Waals surface area contributed by atoms with Gasteiger partial charge in [0.15, 0.2) is 5.82 Å². The summed E-state index contributed by atoms with van der Waals surface area (Å²) < 4.78 is 20.5. The zero-order valence-electron chi connectivity index (χ0n) is 26.8. The Labute approximate surface area is 266 Å². The van der Waals surface area contributed by atoms with Crippen molar-refractivity contribution in [3.63, 3.8) is 0 Å². The second-order valence-electron chi connectivity index (χ2n) is 12.7. The van der Waals surface area contributed by atoms with Crippen molar-refractivity contribution in [3.05, 3.63) is 92.5 Å². The third-order valence-electron chi connectivity index (χ3n) is 8.68. The van der Waals surface area contributed by atoms with Crippen LogP contribution in [0.1, 0.15) is 75.7 Å². The van der Waals surface area contributed by atoms with Crippen molar-refractivity contribution in [2.75, 3.05) is 13.7 Å². The SMILES string of the molecule is CCCc1c(Cc2ccc(-c3ccccc3-c3noc(=O)[nH]3)c(OC)c2)c(=O)n(C2CCC(OCC(C)(C)O)CC2)c2ccnn12. The first-order valence-electron chi connectivity index (χ1n) is 15.9. The molecule has 3 heterocycles. The van der Waals surface area contributed by atoms with Crippen LogP contribution < -0.4 is 16.1 Å². The molecule has 0 amide bonds. The number of hydrogen-bond donors (Lipinski definition) is 2. The summed E-state index contributed by atoms with van der Waals surface area (Å²) in [6, 6.07) is 15.5. The second kappa shape index (κ2) is 13.1. The molecule has 11 heteroatoms. The number of aromatic nitrogens is 5. The van der Waals surface area contributed by atoms with E-state index < -0.39 is 11.4 Å². The summed E-state index contributed by atoms with van der Waals surface area (Å²) in [5, 5.41) is 18.6. The van der Waals surface area contributed by atoms with Crippen molar-refractivity contribution < 1.29 is 19.1 Å². The molecule has 0 unspecified atom stereocenters. The minimum absolute atomic E-state index is 0.0145. The summed E-state index contributed by atoms with van der Waals surface area (Å²) in [7, 11) is 1.62. The molecule has 3 aromatic heterocycles. The lowest BCUT2D eigenvalue weighted by Gasteiger charge is -2.32. The van der Waals surface area contributed by atoms with Crippen molar-refractivity contribution in [2.24, 2.45) is 0 Å². The number of fused-ring (bicyclic) bond motifs is 1. The lowest BCUT2D eigenvalue weighted by molar-refractivity contribution is -0.0654. The minimum atomic E-state index is -0.872. The van der Waals surface area contributed by atoms with Crippen LogP contribution in [-0.2, 0) is 17.6 Å². The average Bonchev–Trinajstić information content (AvgIpc) is 3.71. The third kappa shape index (κ3) is 6.43. The Bertz CT molecular complexity index is 1940. The number of H-pyrrole nitrogens is 1. The van der Waals surface area contributed by atoms with Crippen LogP contribution in [-0.4, -0.2) is 54.9 Å². The van der Waals surface area contributed by atoms with E-state index in [0.717, 1.165) is 72.1 Å². The van der Waals surface area contributed by atoms with Crippen molar-refractivity contribution >= 4 is 5.65 Å². The molecular formula is C35H41N5O6. The van der Waals surface area contributed by atoms with Crippen LogP contribution >= 0.6 is 0 Å². The summed E-state index contributed by atoms with van der Waals surface area (Å²) in [5.74, 6) is 0.349. The van der Waals surface area contributed by atoms with Crippen molar-refractivity contribution in [1.29, 1.82) is 0 Å². The summed E-state index contributed by atoms with van der Waals surface area (Å²) >= 11 is 0. The number of ether oxygens (including phenoxy) is 2. The maximum Gasteiger partial charge on any atom is 0.439 e. The number of methoxy groups -OCH3 is 1. The van der Waals surface area contributed by atoms with E-state index >= 15 is 0 Å². The third-order valence-corrected chi connectivity index (χ3v) is 8.68. The Morgan fingerprint density at radius 1 is 1.04 bits per heavy atom. The van der Waals surface area contributed by atoms with Crippen molar-refractivity contribution in [2.45, 2.75) is 83.5 Å². The summed E-state index contributed by atoms with van der Waals surface area (Å²) in [4.78, 5) is 28.7. The molecule has 242 valence electrons. The fraction of sp³-hybridized carbons (Fsp3) is 0.429. The van der Waals surface area contributed by atoms with Gasteiger partial charge >= 0.3 is 5.76 Å². The molecule has 46 heavy (non-hydrogen) atoms. The fourth-order valence-electron chi connectivity index (χ4n) is 6.55. The van der Waals surface area contributed by atoms with Gasteiger partial charge in [0.05, 0.1) is 37.3 Å². The van der Waals surface area contributed by atoms with Crippen molar-refractivity contribution in [3.8, 4) is 28.3 Å². The molecule has 1 saturated carbocycles. The van der Waals surface area contributed by atoms with Gasteiger partial charge in [-0.1, -0.05) is 54.9 Å². The molecular weight excluding hydrogens is 586 g/mol. The van der Waals surface area contributed by atoms with Crippen LogP contribution in [0.3, 0.4) is 0 Å². The van der Waals surface area contributed by atoms with Gasteiger partial charge in [0.25, 0.3) is 5.56 Å². The molecule has 1 aliphatic rings. The molecule has 0 spiro atoms. The average molecular weight is 628 g/mol. The first-order valence-corrected chi connectivity index (χ1v) is 15.9. The van der Waals surface area contributed by atoms with Gasteiger partial charge in [-0.05, 0) is 63.1 Å². The smallest absolute Gasteiger partial charge is 0.439 e. The fourth-order valence-corrected chi connectivity index (χ4v) is 6.55. The highest BCUT2D eigenvalue weighted by atomic mass is 16.5. The Balaban J connectivity index is 1.35. The Morgan fingerprint density at radius 2 is 1.80 bits per heavy atom. The van der Waals surface area contributed by atoms with Gasteiger partial charge in [0.1, 0.15) is 11.4 Å². The van der Waals surface area contributed by atoms with Gasteiger partial charge in [-0.2, -0.15) is 5.10 Å². The normalized spacial score (nSPS) is 17.1. The van der Waals surface area contributed by atoms with Crippen LogP contribution in [0.4, 0.5) is 0 Å². The van der Waals surface area contributed by atoms with Crippen LogP contribution in [0, 0.1) is 0 Å². The topological polar surface area (TPSA) is 137 Å². The maximum absolute atomic E-state index is 14.4. The highest BCUT2D eigenvalue weighted by Gasteiger charge is 2.29. The molecule has 0 saturated heterocycles. The standard InChI is InChI=1S/C35H41N5O6/c1-5-8-29-28(33(41)39(31-17-18-36-40(29)31)23-12-14-24(15-13-23)45-21-35(2,3)43)19-22-11-16-26(30(20-22)44-4)25-9-6-7-10-27(25)32-37-34(42)46-38-32/h6-7,9-11,16-18,20,23-24,43H,5,8,12-15,19,21H2,1-4H3,(H,37,38,42). The summed E-state index contributed by atoms with van der Waals surface area (Å²) in [6.07, 6.45) is 7.11. The van der Waals surface area contributed by atoms with E-state index in [1.165, 1.54) is 0 Å². The molecule has 0 atom stereocenters. The molecule has 2 aromatic carbocycles. The van der Waals surface area contributed by atoms with E-state index in [9.17, 15) is 14.7 Å². The summed E-state index contributed by atoms with van der Waals surface area (Å²) in [6.45, 7) is 5.89. The van der Waals surface area contributed by atoms with Crippen molar-refractivity contribution in [1.82, 2.24) is 24.3 Å². The van der Waals surface area contributed by atoms with Crippen LogP contribution in [0.2, 0.25) is 0 Å². The largest absolute Gasteiger partial charge is 0.496 e. The van der Waals surface area contributed by atoms with Gasteiger partial charge in [0, 0.05) is 35.2 Å². The number of rotatable bonds is 11. The molecule has 1 aliphatic carbocycles. The number of aliphatic hydroxyl groups is 1. The first-order chi connectivity index (χ1) is 22.2. The molecule has 0 radical (unpaired) electrons. The van der Waals surface area contributed by atoms with E-state index in [2.05, 4.69) is 22.2 Å². The molecule has 0 aliphatic heterocycles. The number of aryl methyl sites for hydroxylation is 1. The number of aromatic amines is 1. The highest BCUT2D eigenvalue weighted by Crippen LogP contribution is 2.37. The number of hydrogen-bond acceptors (Lipinski definition) is 8. The first kappa shape index (κ1) is 31.5. The Hall–Kier alpha value is -4.48. The van der Waals surface area contributed by atoms with Gasteiger partial charge in [0.2, 0.25) is 0 Å². The van der Waals surface area contributed by atoms with Crippen LogP contribution in [0.15, 0.2) is 68.8 Å². The molecule has 2 N–H and O–H groups in total.